The van der Waals surface area contributed by atoms with Gasteiger partial charge in [0.05, 0.1) is 17.1 Å². The Hall–Kier alpha value is -3.57. The van der Waals surface area contributed by atoms with E-state index in [9.17, 15) is 9.59 Å². The second kappa shape index (κ2) is 9.28. The minimum Gasteiger partial charge on any atom is -0.481 e. The van der Waals surface area contributed by atoms with E-state index in [1.54, 1.807) is 80.6 Å². The van der Waals surface area contributed by atoms with Crippen molar-refractivity contribution < 1.29 is 18.7 Å². The van der Waals surface area contributed by atoms with Gasteiger partial charge in [0.1, 0.15) is 12.2 Å². The van der Waals surface area contributed by atoms with E-state index in [0.29, 0.717) is 32.9 Å². The van der Waals surface area contributed by atoms with Gasteiger partial charge in [-0.3, -0.25) is 4.79 Å². The summed E-state index contributed by atoms with van der Waals surface area (Å²) in [5.41, 5.74) is 2.14. The van der Waals surface area contributed by atoms with Crippen molar-refractivity contribution in [1.29, 1.82) is 0 Å². The lowest BCUT2D eigenvalue weighted by molar-refractivity contribution is 0.0378. The maximum absolute atomic E-state index is 13.2. The Morgan fingerprint density at radius 3 is 2.34 bits per heavy atom. The lowest BCUT2D eigenvalue weighted by atomic mass is 10.1. The SMILES string of the molecule is CC(C)OC(=O)c1ccc(COc2c(-c3ccc(Cl)cc3)oc3ccccc3c2=O)cc1. The topological polar surface area (TPSA) is 65.7 Å². The molecule has 4 aromatic rings. The highest BCUT2D eigenvalue weighted by molar-refractivity contribution is 6.30. The van der Waals surface area contributed by atoms with E-state index in [4.69, 9.17) is 25.5 Å². The Labute approximate surface area is 190 Å². The lowest BCUT2D eigenvalue weighted by Crippen LogP contribution is -2.12. The van der Waals surface area contributed by atoms with E-state index < -0.39 is 0 Å². The number of carbonyl (C=O) groups is 1. The quantitative estimate of drug-likeness (QED) is 0.326. The van der Waals surface area contributed by atoms with Crippen LogP contribution >= 0.6 is 11.6 Å². The molecular formula is C26H21ClO5. The van der Waals surface area contributed by atoms with E-state index in [-0.39, 0.29) is 29.9 Å². The molecule has 162 valence electrons. The fourth-order valence-corrected chi connectivity index (χ4v) is 3.35. The van der Waals surface area contributed by atoms with Crippen LogP contribution < -0.4 is 10.2 Å². The van der Waals surface area contributed by atoms with Crippen LogP contribution in [0.15, 0.2) is 82.0 Å². The molecule has 0 fully saturated rings. The molecule has 1 aromatic heterocycles. The number of carbonyl (C=O) groups excluding carboxylic acids is 1. The molecule has 0 saturated carbocycles. The predicted molar refractivity (Wildman–Crippen MR) is 124 cm³/mol. The molecule has 0 radical (unpaired) electrons. The average Bonchev–Trinajstić information content (AvgIpc) is 2.79. The molecule has 0 N–H and O–H groups in total. The smallest absolute Gasteiger partial charge is 0.338 e. The first-order chi connectivity index (χ1) is 15.4. The molecule has 6 heteroatoms. The standard InChI is InChI=1S/C26H21ClO5/c1-16(2)31-26(29)19-9-7-17(8-10-19)15-30-25-23(28)21-5-3-4-6-22(21)32-24(25)18-11-13-20(27)14-12-18/h3-14,16H,15H2,1-2H3. The summed E-state index contributed by atoms with van der Waals surface area (Å²) in [7, 11) is 0. The van der Waals surface area contributed by atoms with Gasteiger partial charge in [-0.1, -0.05) is 35.9 Å². The van der Waals surface area contributed by atoms with E-state index in [0.717, 1.165) is 5.56 Å². The fourth-order valence-electron chi connectivity index (χ4n) is 3.22. The lowest BCUT2D eigenvalue weighted by Gasteiger charge is -2.12. The first kappa shape index (κ1) is 21.7. The Bertz CT molecular complexity index is 1310. The van der Waals surface area contributed by atoms with Crippen LogP contribution in [0.25, 0.3) is 22.3 Å². The van der Waals surface area contributed by atoms with E-state index in [1.165, 1.54) is 0 Å². The summed E-state index contributed by atoms with van der Waals surface area (Å²) in [5, 5.41) is 1.02. The number of hydrogen-bond acceptors (Lipinski definition) is 5. The zero-order valence-electron chi connectivity index (χ0n) is 17.6. The van der Waals surface area contributed by atoms with E-state index in [1.807, 2.05) is 6.07 Å². The van der Waals surface area contributed by atoms with Gasteiger partial charge >= 0.3 is 5.97 Å². The summed E-state index contributed by atoms with van der Waals surface area (Å²) in [4.78, 5) is 25.2. The van der Waals surface area contributed by atoms with Crippen molar-refractivity contribution in [1.82, 2.24) is 0 Å². The van der Waals surface area contributed by atoms with Crippen LogP contribution in [-0.2, 0) is 11.3 Å². The molecule has 0 aliphatic heterocycles. The summed E-state index contributed by atoms with van der Waals surface area (Å²) >= 11 is 6.01. The second-order valence-electron chi connectivity index (χ2n) is 7.53. The summed E-state index contributed by atoms with van der Waals surface area (Å²) in [5.74, 6) is 0.0736. The van der Waals surface area contributed by atoms with Gasteiger partial charge in [0.2, 0.25) is 11.2 Å². The van der Waals surface area contributed by atoms with Crippen LogP contribution in [0.5, 0.6) is 5.75 Å². The van der Waals surface area contributed by atoms with Gasteiger partial charge in [-0.15, -0.1) is 0 Å². The maximum atomic E-state index is 13.2. The third kappa shape index (κ3) is 4.68. The number of fused-ring (bicyclic) bond motifs is 1. The molecule has 0 aliphatic rings. The monoisotopic (exact) mass is 448 g/mol. The molecule has 3 aromatic carbocycles. The number of rotatable bonds is 6. The maximum Gasteiger partial charge on any atom is 0.338 e. The highest BCUT2D eigenvalue weighted by atomic mass is 35.5. The predicted octanol–water partition coefficient (Wildman–Crippen LogP) is 6.26. The fraction of sp³-hybridized carbons (Fsp3) is 0.154. The first-order valence-electron chi connectivity index (χ1n) is 10.2. The van der Waals surface area contributed by atoms with Gasteiger partial charge in [-0.25, -0.2) is 4.79 Å². The molecule has 0 spiro atoms. The molecule has 5 nitrogen and oxygen atoms in total. The number of para-hydroxylation sites is 1. The number of hydrogen-bond donors (Lipinski definition) is 0. The number of ether oxygens (including phenoxy) is 2. The van der Waals surface area contributed by atoms with Crippen molar-refractivity contribution in [2.24, 2.45) is 0 Å². The van der Waals surface area contributed by atoms with Gasteiger partial charge in [0, 0.05) is 10.6 Å². The number of halogens is 1. The van der Waals surface area contributed by atoms with Gasteiger partial charge in [-0.2, -0.15) is 0 Å². The molecular weight excluding hydrogens is 428 g/mol. The third-order valence-electron chi connectivity index (χ3n) is 4.78. The molecule has 0 unspecified atom stereocenters. The van der Waals surface area contributed by atoms with Crippen molar-refractivity contribution in [2.75, 3.05) is 0 Å². The van der Waals surface area contributed by atoms with Crippen molar-refractivity contribution in [3.05, 3.63) is 99.2 Å². The van der Waals surface area contributed by atoms with E-state index in [2.05, 4.69) is 0 Å². The summed E-state index contributed by atoms with van der Waals surface area (Å²) < 4.78 is 17.2. The minimum atomic E-state index is -0.382. The zero-order chi connectivity index (χ0) is 22.7. The van der Waals surface area contributed by atoms with Crippen molar-refractivity contribution in [3.8, 4) is 17.1 Å². The molecule has 0 bridgehead atoms. The van der Waals surface area contributed by atoms with Crippen LogP contribution in [0, 0.1) is 0 Å². The summed E-state index contributed by atoms with van der Waals surface area (Å²) in [6.45, 7) is 3.73. The summed E-state index contributed by atoms with van der Waals surface area (Å²) in [6, 6.07) is 20.9. The van der Waals surface area contributed by atoms with Crippen LogP contribution in [-0.4, -0.2) is 12.1 Å². The van der Waals surface area contributed by atoms with Crippen LogP contribution in [0.1, 0.15) is 29.8 Å². The van der Waals surface area contributed by atoms with Gasteiger partial charge < -0.3 is 13.9 Å². The molecule has 32 heavy (non-hydrogen) atoms. The number of benzene rings is 3. The third-order valence-corrected chi connectivity index (χ3v) is 5.03. The van der Waals surface area contributed by atoms with Crippen LogP contribution in [0.3, 0.4) is 0 Å². The summed E-state index contributed by atoms with van der Waals surface area (Å²) in [6.07, 6.45) is -0.191. The van der Waals surface area contributed by atoms with Crippen molar-refractivity contribution in [3.63, 3.8) is 0 Å². The number of esters is 1. The molecule has 1 heterocycles. The molecule has 0 atom stereocenters. The molecule has 4 rings (SSSR count). The molecule has 0 saturated heterocycles. The Balaban J connectivity index is 1.66. The van der Waals surface area contributed by atoms with E-state index >= 15 is 0 Å². The van der Waals surface area contributed by atoms with Gasteiger partial charge in [-0.05, 0) is 67.9 Å². The van der Waals surface area contributed by atoms with Crippen molar-refractivity contribution >= 4 is 28.5 Å². The Morgan fingerprint density at radius 2 is 1.66 bits per heavy atom. The highest BCUT2D eigenvalue weighted by Gasteiger charge is 2.18. The normalized spacial score (nSPS) is 11.0. The van der Waals surface area contributed by atoms with Crippen LogP contribution in [0.4, 0.5) is 0 Å². The Morgan fingerprint density at radius 1 is 0.969 bits per heavy atom. The largest absolute Gasteiger partial charge is 0.481 e. The first-order valence-corrected chi connectivity index (χ1v) is 10.5. The molecule has 0 aliphatic carbocycles. The average molecular weight is 449 g/mol. The molecule has 0 amide bonds. The van der Waals surface area contributed by atoms with Crippen LogP contribution in [0.2, 0.25) is 5.02 Å². The van der Waals surface area contributed by atoms with Gasteiger partial charge in [0.25, 0.3) is 0 Å². The highest BCUT2D eigenvalue weighted by Crippen LogP contribution is 2.32. The van der Waals surface area contributed by atoms with Gasteiger partial charge in [0.15, 0.2) is 5.76 Å². The minimum absolute atomic E-state index is 0.120. The second-order valence-corrected chi connectivity index (χ2v) is 7.97. The zero-order valence-corrected chi connectivity index (χ0v) is 18.4. The Kier molecular flexibility index (Phi) is 6.28. The van der Waals surface area contributed by atoms with Crippen molar-refractivity contribution in [2.45, 2.75) is 26.6 Å².